The van der Waals surface area contributed by atoms with Crippen molar-refractivity contribution in [2.45, 2.75) is 44.9 Å². The van der Waals surface area contributed by atoms with E-state index in [0.717, 1.165) is 17.0 Å². The van der Waals surface area contributed by atoms with Crippen molar-refractivity contribution in [3.63, 3.8) is 0 Å². The molecule has 0 unspecified atom stereocenters. The van der Waals surface area contributed by atoms with Crippen molar-refractivity contribution in [1.29, 1.82) is 0 Å². The molecule has 3 rings (SSSR count). The molecule has 0 fully saturated rings. The topological polar surface area (TPSA) is 95.1 Å². The van der Waals surface area contributed by atoms with E-state index < -0.39 is 0 Å². The Balaban J connectivity index is 1.52. The first-order valence-electron chi connectivity index (χ1n) is 9.64. The molecule has 0 atom stereocenters. The summed E-state index contributed by atoms with van der Waals surface area (Å²) in [4.78, 5) is 12.2. The number of rotatable bonds is 7. The van der Waals surface area contributed by atoms with Crippen molar-refractivity contribution in [2.24, 2.45) is 0 Å². The van der Waals surface area contributed by atoms with Crippen LogP contribution in [0.15, 0.2) is 53.7 Å². The average molecular weight is 426 g/mol. The Morgan fingerprint density at radius 3 is 2.57 bits per heavy atom. The number of carbonyl (C=O) groups is 1. The molecule has 1 aromatic heterocycles. The lowest BCUT2D eigenvalue weighted by Crippen LogP contribution is -2.18. The van der Waals surface area contributed by atoms with Crippen LogP contribution in [0.3, 0.4) is 0 Å². The van der Waals surface area contributed by atoms with Gasteiger partial charge in [-0.2, -0.15) is 0 Å². The Morgan fingerprint density at radius 2 is 1.90 bits per heavy atom. The average Bonchev–Trinajstić information content (AvgIpc) is 3.04. The Hall–Kier alpha value is -3.00. The number of hydrogen-bond acceptors (Lipinski definition) is 6. The van der Waals surface area contributed by atoms with E-state index in [2.05, 4.69) is 48.4 Å². The molecule has 30 heavy (non-hydrogen) atoms. The molecule has 0 aliphatic heterocycles. The molecule has 0 radical (unpaired) electrons. The molecule has 3 aromatic rings. The van der Waals surface area contributed by atoms with E-state index in [4.69, 9.17) is 10.6 Å². The smallest absolute Gasteiger partial charge is 0.234 e. The lowest BCUT2D eigenvalue weighted by molar-refractivity contribution is -0.113. The van der Waals surface area contributed by atoms with Crippen LogP contribution >= 0.6 is 11.8 Å². The molecule has 0 saturated carbocycles. The normalized spacial score (nSPS) is 11.3. The van der Waals surface area contributed by atoms with Crippen LogP contribution in [0, 0.1) is 6.92 Å². The van der Waals surface area contributed by atoms with Crippen LogP contribution in [0.5, 0.6) is 5.75 Å². The molecule has 0 bridgehead atoms. The van der Waals surface area contributed by atoms with Gasteiger partial charge in [-0.05, 0) is 47.7 Å². The highest BCUT2D eigenvalue weighted by atomic mass is 32.2. The second kappa shape index (κ2) is 9.21. The van der Waals surface area contributed by atoms with Gasteiger partial charge in [0.05, 0.1) is 5.75 Å². The minimum Gasteiger partial charge on any atom is -0.486 e. The second-order valence-electron chi connectivity index (χ2n) is 8.04. The van der Waals surface area contributed by atoms with Gasteiger partial charge in [-0.15, -0.1) is 10.2 Å². The van der Waals surface area contributed by atoms with Crippen LogP contribution in [0.25, 0.3) is 0 Å². The van der Waals surface area contributed by atoms with Crippen LogP contribution in [0.4, 0.5) is 5.69 Å². The third-order valence-electron chi connectivity index (χ3n) is 4.46. The summed E-state index contributed by atoms with van der Waals surface area (Å²) in [6.45, 7) is 8.67. The third kappa shape index (κ3) is 5.76. The zero-order valence-electron chi connectivity index (χ0n) is 17.7. The van der Waals surface area contributed by atoms with Crippen LogP contribution in [0.1, 0.15) is 37.7 Å². The fraction of sp³-hybridized carbons (Fsp3) is 0.318. The van der Waals surface area contributed by atoms with E-state index in [1.807, 2.05) is 43.3 Å². The van der Waals surface area contributed by atoms with Crippen LogP contribution < -0.4 is 15.9 Å². The van der Waals surface area contributed by atoms with Gasteiger partial charge in [0.1, 0.15) is 12.4 Å². The number of hydrogen-bond donors (Lipinski definition) is 2. The number of nitrogen functional groups attached to an aromatic ring is 1. The maximum absolute atomic E-state index is 12.2. The molecule has 0 aliphatic rings. The Labute approximate surface area is 181 Å². The molecule has 8 heteroatoms. The molecule has 0 aliphatic carbocycles. The summed E-state index contributed by atoms with van der Waals surface area (Å²) in [6, 6.07) is 15.6. The number of nitrogens with two attached hydrogens (primary N) is 1. The summed E-state index contributed by atoms with van der Waals surface area (Å²) in [5, 5.41) is 11.4. The predicted octanol–water partition coefficient (Wildman–Crippen LogP) is 3.91. The summed E-state index contributed by atoms with van der Waals surface area (Å²) in [5.41, 5.74) is 3.17. The molecule has 2 aromatic carbocycles. The first-order chi connectivity index (χ1) is 14.2. The summed E-state index contributed by atoms with van der Waals surface area (Å²) in [7, 11) is 0. The maximum atomic E-state index is 12.2. The number of nitrogens with one attached hydrogen (secondary N) is 1. The zero-order chi connectivity index (χ0) is 21.7. The maximum Gasteiger partial charge on any atom is 0.234 e. The summed E-state index contributed by atoms with van der Waals surface area (Å²) in [5.74, 6) is 7.33. The van der Waals surface area contributed by atoms with E-state index in [0.29, 0.717) is 11.0 Å². The molecule has 7 nitrogen and oxygen atoms in total. The van der Waals surface area contributed by atoms with Crippen molar-refractivity contribution in [2.75, 3.05) is 16.9 Å². The van der Waals surface area contributed by atoms with Gasteiger partial charge in [0.25, 0.3) is 0 Å². The van der Waals surface area contributed by atoms with Crippen LogP contribution in [-0.2, 0) is 16.8 Å². The molecule has 158 valence electrons. The van der Waals surface area contributed by atoms with E-state index in [1.165, 1.54) is 22.0 Å². The highest BCUT2D eigenvalue weighted by Gasteiger charge is 2.15. The van der Waals surface area contributed by atoms with E-state index >= 15 is 0 Å². The summed E-state index contributed by atoms with van der Waals surface area (Å²) < 4.78 is 7.13. The first-order valence-corrected chi connectivity index (χ1v) is 10.6. The number of benzene rings is 2. The Kier molecular flexibility index (Phi) is 6.66. The largest absolute Gasteiger partial charge is 0.486 e. The minimum atomic E-state index is -0.134. The van der Waals surface area contributed by atoms with E-state index in [-0.39, 0.29) is 23.7 Å². The predicted molar refractivity (Wildman–Crippen MR) is 120 cm³/mol. The number of thioether (sulfide) groups is 1. The molecule has 1 heterocycles. The van der Waals surface area contributed by atoms with Crippen molar-refractivity contribution in [3.8, 4) is 5.75 Å². The number of aryl methyl sites for hydroxylation is 1. The van der Waals surface area contributed by atoms with Gasteiger partial charge >= 0.3 is 0 Å². The quantitative estimate of drug-likeness (QED) is 0.440. The van der Waals surface area contributed by atoms with E-state index in [9.17, 15) is 4.79 Å². The van der Waals surface area contributed by atoms with Crippen molar-refractivity contribution in [1.82, 2.24) is 14.9 Å². The van der Waals surface area contributed by atoms with Crippen LogP contribution in [-0.4, -0.2) is 26.5 Å². The van der Waals surface area contributed by atoms with Gasteiger partial charge in [0.15, 0.2) is 5.82 Å². The second-order valence-corrected chi connectivity index (χ2v) is 8.98. The van der Waals surface area contributed by atoms with Crippen LogP contribution in [0.2, 0.25) is 0 Å². The van der Waals surface area contributed by atoms with Gasteiger partial charge in [0.2, 0.25) is 11.1 Å². The SMILES string of the molecule is Cc1cccc(NC(=O)CSc2nnc(COc3ccc(C(C)(C)C)cc3)n2N)c1. The molecule has 3 N–H and O–H groups in total. The highest BCUT2D eigenvalue weighted by molar-refractivity contribution is 7.99. The molecule has 1 amide bonds. The van der Waals surface area contributed by atoms with Gasteiger partial charge in [-0.3, -0.25) is 4.79 Å². The number of ether oxygens (including phenoxy) is 1. The fourth-order valence-corrected chi connectivity index (χ4v) is 3.43. The Morgan fingerprint density at radius 1 is 1.17 bits per heavy atom. The van der Waals surface area contributed by atoms with Crippen molar-refractivity contribution in [3.05, 3.63) is 65.5 Å². The summed E-state index contributed by atoms with van der Waals surface area (Å²) in [6.07, 6.45) is 0. The van der Waals surface area contributed by atoms with E-state index in [1.54, 1.807) is 0 Å². The monoisotopic (exact) mass is 425 g/mol. The third-order valence-corrected chi connectivity index (χ3v) is 5.40. The molecular formula is C22H27N5O2S. The standard InChI is InChI=1S/C22H27N5O2S/c1-15-6-5-7-17(12-15)24-20(28)14-30-21-26-25-19(27(21)23)13-29-18-10-8-16(9-11-18)22(2,3)4/h5-12H,13-14,23H2,1-4H3,(H,24,28). The number of aromatic nitrogens is 3. The number of amides is 1. The van der Waals surface area contributed by atoms with Gasteiger partial charge in [0, 0.05) is 5.69 Å². The highest BCUT2D eigenvalue weighted by Crippen LogP contribution is 2.24. The number of carbonyl (C=O) groups excluding carboxylic acids is 1. The number of nitrogens with zero attached hydrogens (tertiary/aromatic N) is 3. The molecular weight excluding hydrogens is 398 g/mol. The minimum absolute atomic E-state index is 0.0910. The van der Waals surface area contributed by atoms with Crippen molar-refractivity contribution < 1.29 is 9.53 Å². The summed E-state index contributed by atoms with van der Waals surface area (Å²) >= 11 is 1.22. The molecule has 0 spiro atoms. The lowest BCUT2D eigenvalue weighted by atomic mass is 9.87. The van der Waals surface area contributed by atoms with Gasteiger partial charge < -0.3 is 15.9 Å². The fourth-order valence-electron chi connectivity index (χ4n) is 2.75. The zero-order valence-corrected chi connectivity index (χ0v) is 18.5. The lowest BCUT2D eigenvalue weighted by Gasteiger charge is -2.19. The molecule has 0 saturated heterocycles. The van der Waals surface area contributed by atoms with Crippen molar-refractivity contribution >= 4 is 23.4 Å². The van der Waals surface area contributed by atoms with Gasteiger partial charge in [-0.25, -0.2) is 4.68 Å². The number of anilines is 1. The van der Waals surface area contributed by atoms with Gasteiger partial charge in [-0.1, -0.05) is 56.8 Å². The first kappa shape index (κ1) is 21.7. The Bertz CT molecular complexity index is 1010.